The molecule has 0 spiro atoms. The van der Waals surface area contributed by atoms with Gasteiger partial charge in [-0.2, -0.15) is 0 Å². The summed E-state index contributed by atoms with van der Waals surface area (Å²) < 4.78 is 0. The van der Waals surface area contributed by atoms with Gasteiger partial charge in [-0.3, -0.25) is 0 Å². The molecule has 2 rings (SSSR count). The summed E-state index contributed by atoms with van der Waals surface area (Å²) in [7, 11) is 0. The fraction of sp³-hybridized carbons (Fsp3) is 1.00. The van der Waals surface area contributed by atoms with Crippen molar-refractivity contribution in [2.24, 2.45) is 5.92 Å². The second-order valence-electron chi connectivity index (χ2n) is 3.89. The fourth-order valence-electron chi connectivity index (χ4n) is 1.71. The van der Waals surface area contributed by atoms with Crippen molar-refractivity contribution in [3.8, 4) is 0 Å². The Kier molecular flexibility index (Phi) is 2.44. The quantitative estimate of drug-likeness (QED) is 0.624. The SMILES string of the molecule is C1CN[C@H](CNCC2CC2)C1. The molecule has 1 aliphatic heterocycles. The van der Waals surface area contributed by atoms with Crippen LogP contribution in [-0.2, 0) is 0 Å². The maximum absolute atomic E-state index is 3.53. The van der Waals surface area contributed by atoms with Gasteiger partial charge in [0.1, 0.15) is 0 Å². The van der Waals surface area contributed by atoms with Crippen LogP contribution < -0.4 is 10.6 Å². The molecule has 0 radical (unpaired) electrons. The molecule has 1 atom stereocenters. The Labute approximate surface area is 68.7 Å². The van der Waals surface area contributed by atoms with Gasteiger partial charge in [0.25, 0.3) is 0 Å². The van der Waals surface area contributed by atoms with Crippen LogP contribution in [0.5, 0.6) is 0 Å². The molecule has 0 unspecified atom stereocenters. The van der Waals surface area contributed by atoms with E-state index in [2.05, 4.69) is 10.6 Å². The lowest BCUT2D eigenvalue weighted by Gasteiger charge is -2.10. The standard InChI is InChI=1S/C9H18N2/c1-2-9(11-5-1)7-10-6-8-3-4-8/h8-11H,1-7H2/t9-/m0/s1. The zero-order chi connectivity index (χ0) is 7.52. The molecule has 1 saturated carbocycles. The Hall–Kier alpha value is -0.0800. The van der Waals surface area contributed by atoms with Crippen LogP contribution in [0, 0.1) is 5.92 Å². The fourth-order valence-corrected chi connectivity index (χ4v) is 1.71. The van der Waals surface area contributed by atoms with E-state index in [1.54, 1.807) is 0 Å². The van der Waals surface area contributed by atoms with E-state index in [0.29, 0.717) is 0 Å². The van der Waals surface area contributed by atoms with Crippen molar-refractivity contribution in [3.63, 3.8) is 0 Å². The maximum Gasteiger partial charge on any atom is 0.0192 e. The molecule has 1 saturated heterocycles. The van der Waals surface area contributed by atoms with E-state index >= 15 is 0 Å². The van der Waals surface area contributed by atoms with E-state index in [4.69, 9.17) is 0 Å². The monoisotopic (exact) mass is 154 g/mol. The largest absolute Gasteiger partial charge is 0.315 e. The molecule has 1 heterocycles. The van der Waals surface area contributed by atoms with E-state index in [1.807, 2.05) is 0 Å². The molecule has 2 fully saturated rings. The number of nitrogens with one attached hydrogen (secondary N) is 2. The first-order chi connectivity index (χ1) is 5.45. The Morgan fingerprint density at radius 3 is 2.73 bits per heavy atom. The second-order valence-corrected chi connectivity index (χ2v) is 3.89. The third kappa shape index (κ3) is 2.46. The molecular weight excluding hydrogens is 136 g/mol. The molecule has 0 bridgehead atoms. The van der Waals surface area contributed by atoms with E-state index in [9.17, 15) is 0 Å². The molecule has 2 N–H and O–H groups in total. The molecule has 0 amide bonds. The molecule has 0 aromatic carbocycles. The van der Waals surface area contributed by atoms with Gasteiger partial charge in [-0.25, -0.2) is 0 Å². The third-order valence-corrected chi connectivity index (χ3v) is 2.68. The Morgan fingerprint density at radius 1 is 1.18 bits per heavy atom. The summed E-state index contributed by atoms with van der Waals surface area (Å²) in [5, 5.41) is 7.01. The van der Waals surface area contributed by atoms with Crippen molar-refractivity contribution in [1.29, 1.82) is 0 Å². The molecule has 1 aliphatic carbocycles. The Morgan fingerprint density at radius 2 is 2.09 bits per heavy atom. The van der Waals surface area contributed by atoms with Crippen LogP contribution in [0.1, 0.15) is 25.7 Å². The van der Waals surface area contributed by atoms with Gasteiger partial charge in [-0.1, -0.05) is 0 Å². The van der Waals surface area contributed by atoms with Crippen molar-refractivity contribution in [2.75, 3.05) is 19.6 Å². The number of hydrogen-bond donors (Lipinski definition) is 2. The highest BCUT2D eigenvalue weighted by Gasteiger charge is 2.21. The lowest BCUT2D eigenvalue weighted by atomic mass is 10.2. The highest BCUT2D eigenvalue weighted by Crippen LogP contribution is 2.27. The predicted molar refractivity (Wildman–Crippen MR) is 46.6 cm³/mol. The normalized spacial score (nSPS) is 31.1. The van der Waals surface area contributed by atoms with E-state index in [0.717, 1.165) is 12.0 Å². The van der Waals surface area contributed by atoms with Crippen LogP contribution in [-0.4, -0.2) is 25.7 Å². The average molecular weight is 154 g/mol. The zero-order valence-electron chi connectivity index (χ0n) is 7.10. The number of hydrogen-bond acceptors (Lipinski definition) is 2. The summed E-state index contributed by atoms with van der Waals surface area (Å²) in [6.45, 7) is 3.68. The average Bonchev–Trinajstić information content (AvgIpc) is 2.66. The van der Waals surface area contributed by atoms with Crippen molar-refractivity contribution >= 4 is 0 Å². The molecule has 0 aromatic rings. The zero-order valence-corrected chi connectivity index (χ0v) is 7.10. The van der Waals surface area contributed by atoms with Crippen LogP contribution in [0.25, 0.3) is 0 Å². The topological polar surface area (TPSA) is 24.1 Å². The third-order valence-electron chi connectivity index (χ3n) is 2.68. The van der Waals surface area contributed by atoms with E-state index < -0.39 is 0 Å². The summed E-state index contributed by atoms with van der Waals surface area (Å²) in [6, 6.07) is 0.772. The lowest BCUT2D eigenvalue weighted by Crippen LogP contribution is -2.34. The van der Waals surface area contributed by atoms with Gasteiger partial charge < -0.3 is 10.6 Å². The molecular formula is C9H18N2. The molecule has 0 aromatic heterocycles. The minimum atomic E-state index is 0.772. The van der Waals surface area contributed by atoms with Crippen LogP contribution >= 0.6 is 0 Å². The minimum absolute atomic E-state index is 0.772. The van der Waals surface area contributed by atoms with Crippen molar-refractivity contribution in [1.82, 2.24) is 10.6 Å². The van der Waals surface area contributed by atoms with E-state index in [1.165, 1.54) is 45.3 Å². The lowest BCUT2D eigenvalue weighted by molar-refractivity contribution is 0.524. The predicted octanol–water partition coefficient (Wildman–Crippen LogP) is 0.738. The molecule has 11 heavy (non-hydrogen) atoms. The van der Waals surface area contributed by atoms with Crippen molar-refractivity contribution in [2.45, 2.75) is 31.7 Å². The summed E-state index contributed by atoms with van der Waals surface area (Å²) >= 11 is 0. The smallest absolute Gasteiger partial charge is 0.0192 e. The van der Waals surface area contributed by atoms with Crippen LogP contribution in [0.3, 0.4) is 0 Å². The Balaban J connectivity index is 1.51. The first-order valence-electron chi connectivity index (χ1n) is 4.89. The van der Waals surface area contributed by atoms with Crippen molar-refractivity contribution in [3.05, 3.63) is 0 Å². The second kappa shape index (κ2) is 3.55. The highest BCUT2D eigenvalue weighted by molar-refractivity contribution is 4.79. The number of rotatable bonds is 4. The van der Waals surface area contributed by atoms with Crippen molar-refractivity contribution < 1.29 is 0 Å². The van der Waals surface area contributed by atoms with Gasteiger partial charge >= 0.3 is 0 Å². The maximum atomic E-state index is 3.53. The minimum Gasteiger partial charge on any atom is -0.315 e. The van der Waals surface area contributed by atoms with E-state index in [-0.39, 0.29) is 0 Å². The van der Waals surface area contributed by atoms with Crippen LogP contribution in [0.15, 0.2) is 0 Å². The molecule has 2 aliphatic rings. The van der Waals surface area contributed by atoms with Crippen LogP contribution in [0.4, 0.5) is 0 Å². The van der Waals surface area contributed by atoms with Gasteiger partial charge in [0.15, 0.2) is 0 Å². The first-order valence-corrected chi connectivity index (χ1v) is 4.89. The first kappa shape index (κ1) is 7.56. The molecule has 64 valence electrons. The van der Waals surface area contributed by atoms with Gasteiger partial charge in [0.2, 0.25) is 0 Å². The molecule has 2 heteroatoms. The molecule has 2 nitrogen and oxygen atoms in total. The Bertz CT molecular complexity index is 115. The van der Waals surface area contributed by atoms with Gasteiger partial charge in [0, 0.05) is 12.6 Å². The summed E-state index contributed by atoms with van der Waals surface area (Å²) in [4.78, 5) is 0. The summed E-state index contributed by atoms with van der Waals surface area (Å²) in [5.41, 5.74) is 0. The van der Waals surface area contributed by atoms with Crippen LogP contribution in [0.2, 0.25) is 0 Å². The summed E-state index contributed by atoms with van der Waals surface area (Å²) in [6.07, 6.45) is 5.67. The van der Waals surface area contributed by atoms with Gasteiger partial charge in [0.05, 0.1) is 0 Å². The van der Waals surface area contributed by atoms with Gasteiger partial charge in [-0.15, -0.1) is 0 Å². The summed E-state index contributed by atoms with van der Waals surface area (Å²) in [5.74, 6) is 1.02. The highest BCUT2D eigenvalue weighted by atomic mass is 15.0. The van der Waals surface area contributed by atoms with Gasteiger partial charge in [-0.05, 0) is 44.7 Å².